The van der Waals surface area contributed by atoms with Gasteiger partial charge in [0.25, 0.3) is 5.91 Å². The summed E-state index contributed by atoms with van der Waals surface area (Å²) in [4.78, 5) is 24.6. The fraction of sp³-hybridized carbons (Fsp3) is 0.333. The molecule has 1 aromatic heterocycles. The first-order valence-corrected chi connectivity index (χ1v) is 8.92. The molecule has 2 heterocycles. The first-order valence-electron chi connectivity index (χ1n) is 8.04. The van der Waals surface area contributed by atoms with Crippen LogP contribution >= 0.6 is 11.3 Å². The normalized spacial score (nSPS) is 12.0. The van der Waals surface area contributed by atoms with Crippen molar-refractivity contribution in [2.24, 2.45) is 0 Å². The summed E-state index contributed by atoms with van der Waals surface area (Å²) >= 11 is 1.65. The van der Waals surface area contributed by atoms with E-state index in [1.165, 1.54) is 4.88 Å². The first kappa shape index (κ1) is 17.3. The Hall–Kier alpha value is -2.54. The number of benzene rings is 1. The van der Waals surface area contributed by atoms with Crippen molar-refractivity contribution in [3.05, 3.63) is 46.2 Å². The summed E-state index contributed by atoms with van der Waals surface area (Å²) in [5, 5.41) is 4.74. The van der Waals surface area contributed by atoms with Crippen molar-refractivity contribution in [1.29, 1.82) is 0 Å². The molecule has 132 valence electrons. The van der Waals surface area contributed by atoms with Crippen LogP contribution in [0.1, 0.15) is 16.9 Å². The minimum absolute atomic E-state index is 0.210. The molecule has 0 aliphatic carbocycles. The van der Waals surface area contributed by atoms with Gasteiger partial charge >= 0.3 is 5.97 Å². The van der Waals surface area contributed by atoms with E-state index < -0.39 is 5.97 Å². The average Bonchev–Trinajstić information content (AvgIpc) is 3.29. The molecule has 6 nitrogen and oxygen atoms in total. The molecule has 0 bridgehead atoms. The van der Waals surface area contributed by atoms with E-state index in [0.29, 0.717) is 24.5 Å². The van der Waals surface area contributed by atoms with Gasteiger partial charge in [-0.1, -0.05) is 12.1 Å². The minimum Gasteiger partial charge on any atom is -0.456 e. The number of hydrogen-bond acceptors (Lipinski definition) is 6. The van der Waals surface area contributed by atoms with Crippen LogP contribution in [0.15, 0.2) is 35.7 Å². The van der Waals surface area contributed by atoms with E-state index in [9.17, 15) is 9.59 Å². The summed E-state index contributed by atoms with van der Waals surface area (Å²) in [6, 6.07) is 9.56. The van der Waals surface area contributed by atoms with Gasteiger partial charge in [-0.25, -0.2) is 0 Å². The lowest BCUT2D eigenvalue weighted by molar-refractivity contribution is -0.148. The Bertz CT molecular complexity index is 729. The molecule has 0 spiro atoms. The van der Waals surface area contributed by atoms with Crippen molar-refractivity contribution in [3.63, 3.8) is 0 Å². The number of hydrogen-bond donors (Lipinski definition) is 1. The van der Waals surface area contributed by atoms with Crippen molar-refractivity contribution in [3.8, 4) is 11.5 Å². The highest BCUT2D eigenvalue weighted by Gasteiger charge is 2.14. The molecule has 25 heavy (non-hydrogen) atoms. The molecule has 0 unspecified atom stereocenters. The lowest BCUT2D eigenvalue weighted by Crippen LogP contribution is -2.30. The van der Waals surface area contributed by atoms with Gasteiger partial charge in [-0.3, -0.25) is 9.59 Å². The molecule has 1 aromatic carbocycles. The molecule has 7 heteroatoms. The molecule has 3 rings (SSSR count). The zero-order valence-electron chi connectivity index (χ0n) is 13.7. The maximum absolute atomic E-state index is 11.8. The summed E-state index contributed by atoms with van der Waals surface area (Å²) in [6.07, 6.45) is 1.51. The van der Waals surface area contributed by atoms with Crippen LogP contribution in [0.3, 0.4) is 0 Å². The maximum atomic E-state index is 11.8. The number of esters is 1. The first-order chi connectivity index (χ1) is 12.2. The van der Waals surface area contributed by atoms with Gasteiger partial charge in [0.05, 0.1) is 0 Å². The third-order valence-electron chi connectivity index (χ3n) is 3.69. The number of ether oxygens (including phenoxy) is 3. The third-order valence-corrected chi connectivity index (χ3v) is 4.63. The molecule has 0 atom stereocenters. The summed E-state index contributed by atoms with van der Waals surface area (Å²) in [5.74, 6) is 0.723. The highest BCUT2D eigenvalue weighted by atomic mass is 32.1. The van der Waals surface area contributed by atoms with Gasteiger partial charge < -0.3 is 19.5 Å². The molecule has 1 aliphatic rings. The SMILES string of the molecule is O=C(COC(=O)CCc1ccc2c(c1)OCO2)NCCc1cccs1. The Morgan fingerprint density at radius 2 is 2.04 bits per heavy atom. The van der Waals surface area contributed by atoms with E-state index in [1.807, 2.05) is 35.7 Å². The second-order valence-corrected chi connectivity index (χ2v) is 6.56. The van der Waals surface area contributed by atoms with Gasteiger partial charge in [0.15, 0.2) is 18.1 Å². The maximum Gasteiger partial charge on any atom is 0.306 e. The fourth-order valence-electron chi connectivity index (χ4n) is 2.39. The number of aryl methyl sites for hydroxylation is 1. The highest BCUT2D eigenvalue weighted by molar-refractivity contribution is 7.09. The smallest absolute Gasteiger partial charge is 0.306 e. The number of fused-ring (bicyclic) bond motifs is 1. The number of thiophene rings is 1. The van der Waals surface area contributed by atoms with E-state index in [4.69, 9.17) is 14.2 Å². The van der Waals surface area contributed by atoms with Gasteiger partial charge in [0.2, 0.25) is 6.79 Å². The Morgan fingerprint density at radius 1 is 1.16 bits per heavy atom. The van der Waals surface area contributed by atoms with Crippen LogP contribution in [0, 0.1) is 0 Å². The van der Waals surface area contributed by atoms with Crippen molar-refractivity contribution in [2.45, 2.75) is 19.3 Å². The van der Waals surface area contributed by atoms with Crippen molar-refractivity contribution in [1.82, 2.24) is 5.32 Å². The number of rotatable bonds is 8. The molecule has 1 amide bonds. The second-order valence-electron chi connectivity index (χ2n) is 5.53. The standard InChI is InChI=1S/C18H19NO5S/c20-17(19-8-7-14-2-1-9-25-14)11-22-18(21)6-4-13-3-5-15-16(10-13)24-12-23-15/h1-3,5,9-10H,4,6-8,11-12H2,(H,19,20). The van der Waals surface area contributed by atoms with E-state index >= 15 is 0 Å². The molecule has 1 N–H and O–H groups in total. The molecular formula is C18H19NO5S. The Morgan fingerprint density at radius 3 is 2.88 bits per heavy atom. The number of carbonyl (C=O) groups excluding carboxylic acids is 2. The van der Waals surface area contributed by atoms with Crippen molar-refractivity contribution < 1.29 is 23.8 Å². The predicted octanol–water partition coefficient (Wildman–Crippen LogP) is 2.31. The number of nitrogens with one attached hydrogen (secondary N) is 1. The number of amides is 1. The molecule has 0 saturated carbocycles. The van der Waals surface area contributed by atoms with Gasteiger partial charge in [0, 0.05) is 17.8 Å². The van der Waals surface area contributed by atoms with Gasteiger partial charge in [-0.15, -0.1) is 11.3 Å². The highest BCUT2D eigenvalue weighted by Crippen LogP contribution is 2.32. The number of carbonyl (C=O) groups is 2. The van der Waals surface area contributed by atoms with E-state index in [0.717, 1.165) is 12.0 Å². The van der Waals surface area contributed by atoms with Crippen LogP contribution in [-0.4, -0.2) is 31.8 Å². The summed E-state index contributed by atoms with van der Waals surface area (Å²) in [7, 11) is 0. The van der Waals surface area contributed by atoms with Crippen LogP contribution < -0.4 is 14.8 Å². The van der Waals surface area contributed by atoms with Crippen LogP contribution in [0.2, 0.25) is 0 Å². The van der Waals surface area contributed by atoms with Crippen LogP contribution in [0.25, 0.3) is 0 Å². The zero-order chi connectivity index (χ0) is 17.5. The van der Waals surface area contributed by atoms with Gasteiger partial charge in [-0.05, 0) is 42.0 Å². The molecule has 0 saturated heterocycles. The summed E-state index contributed by atoms with van der Waals surface area (Å²) in [6.45, 7) is 0.515. The quantitative estimate of drug-likeness (QED) is 0.731. The van der Waals surface area contributed by atoms with Crippen LogP contribution in [0.5, 0.6) is 11.5 Å². The molecule has 2 aromatic rings. The van der Waals surface area contributed by atoms with Crippen LogP contribution in [-0.2, 0) is 27.2 Å². The summed E-state index contributed by atoms with van der Waals surface area (Å²) < 4.78 is 15.5. The Kier molecular flexibility index (Phi) is 5.90. The predicted molar refractivity (Wildman–Crippen MR) is 92.9 cm³/mol. The topological polar surface area (TPSA) is 73.9 Å². The lowest BCUT2D eigenvalue weighted by Gasteiger charge is -2.06. The van der Waals surface area contributed by atoms with Crippen molar-refractivity contribution >= 4 is 23.2 Å². The molecule has 0 fully saturated rings. The van der Waals surface area contributed by atoms with Crippen molar-refractivity contribution in [2.75, 3.05) is 19.9 Å². The Labute approximate surface area is 149 Å². The zero-order valence-corrected chi connectivity index (χ0v) is 14.5. The largest absolute Gasteiger partial charge is 0.456 e. The Balaban J connectivity index is 1.31. The van der Waals surface area contributed by atoms with Gasteiger partial charge in [-0.2, -0.15) is 0 Å². The minimum atomic E-state index is -0.397. The molecule has 1 aliphatic heterocycles. The van der Waals surface area contributed by atoms with E-state index in [2.05, 4.69) is 5.32 Å². The van der Waals surface area contributed by atoms with E-state index in [-0.39, 0.29) is 25.7 Å². The molecule has 0 radical (unpaired) electrons. The average molecular weight is 361 g/mol. The van der Waals surface area contributed by atoms with E-state index in [1.54, 1.807) is 11.3 Å². The third kappa shape index (κ3) is 5.22. The monoisotopic (exact) mass is 361 g/mol. The second kappa shape index (κ2) is 8.53. The van der Waals surface area contributed by atoms with Gasteiger partial charge in [0.1, 0.15) is 0 Å². The summed E-state index contributed by atoms with van der Waals surface area (Å²) in [5.41, 5.74) is 0.960. The molecular weight excluding hydrogens is 342 g/mol. The fourth-order valence-corrected chi connectivity index (χ4v) is 3.10. The lowest BCUT2D eigenvalue weighted by atomic mass is 10.1. The van der Waals surface area contributed by atoms with Crippen LogP contribution in [0.4, 0.5) is 0 Å².